The quantitative estimate of drug-likeness (QED) is 0.863. The molecule has 3 N–H and O–H groups in total. The van der Waals surface area contributed by atoms with Crippen LogP contribution in [-0.4, -0.2) is 18.4 Å². The number of rotatable bonds is 4. The molecule has 100 valence electrons. The fraction of sp³-hybridized carbons (Fsp3) is 0.167. The number of nitrogens with zero attached hydrogens (tertiary/aromatic N) is 2. The van der Waals surface area contributed by atoms with Gasteiger partial charge in [-0.2, -0.15) is 0 Å². The molecule has 0 saturated heterocycles. The normalized spacial score (nSPS) is 11.4. The van der Waals surface area contributed by atoms with Gasteiger partial charge in [-0.15, -0.1) is 0 Å². The van der Waals surface area contributed by atoms with Crippen molar-refractivity contribution in [2.24, 2.45) is 0 Å². The SMILES string of the molecule is Cc1ccncc1CNS(=O)(=O)c1cnccc1N. The molecule has 0 saturated carbocycles. The number of nitrogen functional groups attached to an aromatic ring is 1. The Morgan fingerprint density at radius 3 is 2.58 bits per heavy atom. The van der Waals surface area contributed by atoms with Gasteiger partial charge < -0.3 is 5.73 Å². The summed E-state index contributed by atoms with van der Waals surface area (Å²) in [6, 6.07) is 3.27. The van der Waals surface area contributed by atoms with Gasteiger partial charge in [0.05, 0.1) is 5.69 Å². The lowest BCUT2D eigenvalue weighted by Gasteiger charge is -2.09. The summed E-state index contributed by atoms with van der Waals surface area (Å²) >= 11 is 0. The van der Waals surface area contributed by atoms with Gasteiger partial charge in [0.25, 0.3) is 0 Å². The van der Waals surface area contributed by atoms with Gasteiger partial charge in [0.2, 0.25) is 10.0 Å². The highest BCUT2D eigenvalue weighted by molar-refractivity contribution is 7.89. The molecule has 2 aromatic rings. The number of aryl methyl sites for hydroxylation is 1. The average Bonchev–Trinajstić information content (AvgIpc) is 2.38. The molecule has 0 bridgehead atoms. The van der Waals surface area contributed by atoms with Gasteiger partial charge in [0, 0.05) is 31.3 Å². The fourth-order valence-electron chi connectivity index (χ4n) is 1.55. The molecule has 2 heterocycles. The molecule has 0 aliphatic rings. The van der Waals surface area contributed by atoms with Gasteiger partial charge in [0.1, 0.15) is 4.90 Å². The Kier molecular flexibility index (Phi) is 3.77. The summed E-state index contributed by atoms with van der Waals surface area (Å²) in [6.07, 6.45) is 5.96. The number of hydrogen-bond acceptors (Lipinski definition) is 5. The molecular formula is C12H14N4O2S. The van der Waals surface area contributed by atoms with Gasteiger partial charge >= 0.3 is 0 Å². The molecule has 0 aliphatic heterocycles. The first-order chi connectivity index (χ1) is 9.00. The lowest BCUT2D eigenvalue weighted by atomic mass is 10.2. The smallest absolute Gasteiger partial charge is 0.244 e. The van der Waals surface area contributed by atoms with Gasteiger partial charge in [0.15, 0.2) is 0 Å². The number of pyridine rings is 2. The molecule has 6 nitrogen and oxygen atoms in total. The molecule has 0 spiro atoms. The Bertz CT molecular complexity index is 686. The molecule has 7 heteroatoms. The molecular weight excluding hydrogens is 264 g/mol. The minimum Gasteiger partial charge on any atom is -0.398 e. The first-order valence-corrected chi connectivity index (χ1v) is 7.07. The Labute approximate surface area is 111 Å². The Balaban J connectivity index is 2.20. The van der Waals surface area contributed by atoms with E-state index < -0.39 is 10.0 Å². The largest absolute Gasteiger partial charge is 0.398 e. The van der Waals surface area contributed by atoms with E-state index in [2.05, 4.69) is 14.7 Å². The molecule has 19 heavy (non-hydrogen) atoms. The van der Waals surface area contributed by atoms with Crippen LogP contribution in [0, 0.1) is 6.92 Å². The van der Waals surface area contributed by atoms with Crippen molar-refractivity contribution in [3.63, 3.8) is 0 Å². The monoisotopic (exact) mass is 278 g/mol. The highest BCUT2D eigenvalue weighted by atomic mass is 32.2. The summed E-state index contributed by atoms with van der Waals surface area (Å²) in [6.45, 7) is 2.06. The van der Waals surface area contributed by atoms with E-state index in [4.69, 9.17) is 5.73 Å². The standard InChI is InChI=1S/C12H14N4O2S/c1-9-2-4-14-6-10(9)7-16-19(17,18)12-8-15-5-3-11(12)13/h2-6,8,16H,7H2,1H3,(H2,13,15). The summed E-state index contributed by atoms with van der Waals surface area (Å²) in [5, 5.41) is 0. The van der Waals surface area contributed by atoms with Crippen molar-refractivity contribution in [1.29, 1.82) is 0 Å². The van der Waals surface area contributed by atoms with Gasteiger partial charge in [-0.25, -0.2) is 13.1 Å². The second-order valence-corrected chi connectivity index (χ2v) is 5.78. The van der Waals surface area contributed by atoms with E-state index in [0.29, 0.717) is 0 Å². The summed E-state index contributed by atoms with van der Waals surface area (Å²) in [7, 11) is -3.67. The maximum Gasteiger partial charge on any atom is 0.244 e. The molecule has 2 aromatic heterocycles. The molecule has 0 aliphatic carbocycles. The van der Waals surface area contributed by atoms with Crippen LogP contribution >= 0.6 is 0 Å². The molecule has 0 fully saturated rings. The highest BCUT2D eigenvalue weighted by Gasteiger charge is 2.17. The van der Waals surface area contributed by atoms with Crippen LogP contribution in [0.3, 0.4) is 0 Å². The van der Waals surface area contributed by atoms with Crippen molar-refractivity contribution >= 4 is 15.7 Å². The van der Waals surface area contributed by atoms with Crippen LogP contribution in [0.25, 0.3) is 0 Å². The fourth-order valence-corrected chi connectivity index (χ4v) is 2.63. The van der Waals surface area contributed by atoms with Gasteiger partial charge in [-0.05, 0) is 30.2 Å². The van der Waals surface area contributed by atoms with E-state index in [1.807, 2.05) is 13.0 Å². The second-order valence-electron chi connectivity index (χ2n) is 4.04. The van der Waals surface area contributed by atoms with Crippen molar-refractivity contribution in [1.82, 2.24) is 14.7 Å². The molecule has 0 unspecified atom stereocenters. The molecule has 0 aromatic carbocycles. The predicted octanol–water partition coefficient (Wildman–Crippen LogP) is 0.846. The molecule has 0 amide bonds. The van der Waals surface area contributed by atoms with Gasteiger partial charge in [-0.3, -0.25) is 9.97 Å². The van der Waals surface area contributed by atoms with E-state index in [1.165, 1.54) is 18.5 Å². The Morgan fingerprint density at radius 1 is 1.21 bits per heavy atom. The Hall–Kier alpha value is -1.99. The Morgan fingerprint density at radius 2 is 1.89 bits per heavy atom. The van der Waals surface area contributed by atoms with Crippen molar-refractivity contribution in [2.45, 2.75) is 18.4 Å². The van der Waals surface area contributed by atoms with Crippen molar-refractivity contribution in [3.05, 3.63) is 48.0 Å². The van der Waals surface area contributed by atoms with Gasteiger partial charge in [-0.1, -0.05) is 0 Å². The van der Waals surface area contributed by atoms with Crippen LogP contribution in [0.1, 0.15) is 11.1 Å². The third-order valence-corrected chi connectivity index (χ3v) is 4.15. The van der Waals surface area contributed by atoms with E-state index in [1.54, 1.807) is 12.4 Å². The molecule has 2 rings (SSSR count). The second kappa shape index (κ2) is 5.33. The van der Waals surface area contributed by atoms with E-state index >= 15 is 0 Å². The summed E-state index contributed by atoms with van der Waals surface area (Å²) in [5.41, 5.74) is 7.59. The molecule has 0 atom stereocenters. The third-order valence-electron chi connectivity index (χ3n) is 2.71. The zero-order chi connectivity index (χ0) is 13.9. The van der Waals surface area contributed by atoms with Crippen LogP contribution in [0.15, 0.2) is 41.8 Å². The van der Waals surface area contributed by atoms with E-state index in [0.717, 1.165) is 11.1 Å². The van der Waals surface area contributed by atoms with Crippen molar-refractivity contribution in [3.8, 4) is 0 Å². The topological polar surface area (TPSA) is 98.0 Å². The minimum atomic E-state index is -3.67. The predicted molar refractivity (Wildman–Crippen MR) is 71.6 cm³/mol. The summed E-state index contributed by atoms with van der Waals surface area (Å²) in [4.78, 5) is 7.72. The van der Waals surface area contributed by atoms with Crippen LogP contribution in [0.4, 0.5) is 5.69 Å². The average molecular weight is 278 g/mol. The van der Waals surface area contributed by atoms with E-state index in [-0.39, 0.29) is 17.1 Å². The highest BCUT2D eigenvalue weighted by Crippen LogP contribution is 2.16. The zero-order valence-electron chi connectivity index (χ0n) is 10.4. The lowest BCUT2D eigenvalue weighted by molar-refractivity contribution is 0.581. The first kappa shape index (κ1) is 13.4. The first-order valence-electron chi connectivity index (χ1n) is 5.59. The van der Waals surface area contributed by atoms with Crippen LogP contribution < -0.4 is 10.5 Å². The molecule has 0 radical (unpaired) electrons. The minimum absolute atomic E-state index is 0.0171. The van der Waals surface area contributed by atoms with Crippen molar-refractivity contribution < 1.29 is 8.42 Å². The van der Waals surface area contributed by atoms with Crippen LogP contribution in [-0.2, 0) is 16.6 Å². The lowest BCUT2D eigenvalue weighted by Crippen LogP contribution is -2.24. The number of anilines is 1. The van der Waals surface area contributed by atoms with E-state index in [9.17, 15) is 8.42 Å². The maximum atomic E-state index is 12.1. The number of sulfonamides is 1. The maximum absolute atomic E-state index is 12.1. The van der Waals surface area contributed by atoms with Crippen LogP contribution in [0.2, 0.25) is 0 Å². The van der Waals surface area contributed by atoms with Crippen molar-refractivity contribution in [2.75, 3.05) is 5.73 Å². The van der Waals surface area contributed by atoms with Crippen LogP contribution in [0.5, 0.6) is 0 Å². The number of aromatic nitrogens is 2. The summed E-state index contributed by atoms with van der Waals surface area (Å²) < 4.78 is 26.7. The number of hydrogen-bond donors (Lipinski definition) is 2. The summed E-state index contributed by atoms with van der Waals surface area (Å²) in [5.74, 6) is 0. The number of nitrogens with one attached hydrogen (secondary N) is 1. The number of nitrogens with two attached hydrogens (primary N) is 1. The zero-order valence-corrected chi connectivity index (χ0v) is 11.2. The third kappa shape index (κ3) is 3.07.